The van der Waals surface area contributed by atoms with Crippen LogP contribution in [-0.4, -0.2) is 102 Å². The summed E-state index contributed by atoms with van der Waals surface area (Å²) in [5.74, 6) is 3.42. The molecule has 4 atom stereocenters. The van der Waals surface area contributed by atoms with Crippen LogP contribution in [0.25, 0.3) is 32.9 Å². The van der Waals surface area contributed by atoms with Crippen molar-refractivity contribution in [3.8, 4) is 34.5 Å². The maximum absolute atomic E-state index is 17.9. The highest BCUT2D eigenvalue weighted by Gasteiger charge is 2.50. The summed E-state index contributed by atoms with van der Waals surface area (Å²) in [5, 5.41) is 2.11. The third-order valence-corrected chi connectivity index (χ3v) is 20.8. The Morgan fingerprint density at radius 2 is 1.73 bits per heavy atom. The third-order valence-electron chi connectivity index (χ3n) is 14.5. The zero-order valence-corrected chi connectivity index (χ0v) is 39.8. The van der Waals surface area contributed by atoms with Gasteiger partial charge in [-0.1, -0.05) is 59.6 Å². The SMILES string of the molecule is COCOc1cc(-c2ncc3c(C4CC5CCC(C4)N5C(=O)OC(C)(C)C)nc(OC[C@@]45CCCN4C[C@H](F)C5)nc3c2F)c2c(C#C[Si](C(C)C)(C(C)C)C(C)C)cccc2c1. The van der Waals surface area contributed by atoms with Crippen molar-refractivity contribution in [2.24, 2.45) is 0 Å². The Morgan fingerprint density at radius 1 is 1.02 bits per heavy atom. The van der Waals surface area contributed by atoms with Gasteiger partial charge in [-0.3, -0.25) is 9.88 Å². The van der Waals surface area contributed by atoms with E-state index in [4.69, 9.17) is 33.9 Å². The lowest BCUT2D eigenvalue weighted by molar-refractivity contribution is 0.00570. The number of carbonyl (C=O) groups excluding carboxylic acids is 1. The molecule has 2 unspecified atom stereocenters. The van der Waals surface area contributed by atoms with E-state index in [2.05, 4.69) is 57.9 Å². The van der Waals surface area contributed by atoms with Crippen molar-refractivity contribution in [1.29, 1.82) is 0 Å². The lowest BCUT2D eigenvalue weighted by Crippen LogP contribution is -2.48. The molecule has 13 heteroatoms. The predicted octanol–water partition coefficient (Wildman–Crippen LogP) is 11.1. The van der Waals surface area contributed by atoms with Crippen molar-refractivity contribution < 1.29 is 32.5 Å². The largest absolute Gasteiger partial charge is 0.468 e. The summed E-state index contributed by atoms with van der Waals surface area (Å²) in [5.41, 5.74) is 6.29. The topological polar surface area (TPSA) is 99.1 Å². The van der Waals surface area contributed by atoms with Crippen LogP contribution in [0.4, 0.5) is 13.6 Å². The monoisotopic (exact) mass is 881 g/mol. The van der Waals surface area contributed by atoms with E-state index in [1.807, 2.05) is 56.0 Å². The number of alkyl halides is 1. The van der Waals surface area contributed by atoms with Gasteiger partial charge < -0.3 is 23.8 Å². The minimum absolute atomic E-state index is 0.0114. The molecule has 4 aliphatic heterocycles. The van der Waals surface area contributed by atoms with Crippen LogP contribution in [-0.2, 0) is 9.47 Å². The number of methoxy groups -OCH3 is 1. The molecular formula is C50H65F2N5O5Si. The average Bonchev–Trinajstić information content (AvgIpc) is 3.84. The molecule has 0 radical (unpaired) electrons. The maximum Gasteiger partial charge on any atom is 0.410 e. The predicted molar refractivity (Wildman–Crippen MR) is 246 cm³/mol. The van der Waals surface area contributed by atoms with Gasteiger partial charge in [0.1, 0.15) is 43.4 Å². The highest BCUT2D eigenvalue weighted by atomic mass is 28.3. The number of halogens is 2. The van der Waals surface area contributed by atoms with Crippen molar-refractivity contribution in [2.45, 2.75) is 159 Å². The first-order valence-electron chi connectivity index (χ1n) is 23.1. The van der Waals surface area contributed by atoms with Gasteiger partial charge in [0.15, 0.2) is 12.6 Å². The normalized spacial score (nSPS) is 23.8. The van der Waals surface area contributed by atoms with Crippen molar-refractivity contribution in [3.63, 3.8) is 0 Å². The van der Waals surface area contributed by atoms with Crippen molar-refractivity contribution in [1.82, 2.24) is 24.8 Å². The Bertz CT molecular complexity index is 2390. The van der Waals surface area contributed by atoms with Gasteiger partial charge in [-0.2, -0.15) is 9.97 Å². The number of rotatable bonds is 11. The third kappa shape index (κ3) is 8.52. The fourth-order valence-corrected chi connectivity index (χ4v) is 17.0. The van der Waals surface area contributed by atoms with Gasteiger partial charge >= 0.3 is 12.1 Å². The number of hydrogen-bond donors (Lipinski definition) is 0. The molecule has 4 aromatic rings. The molecule has 4 saturated heterocycles. The van der Waals surface area contributed by atoms with Gasteiger partial charge in [0, 0.05) is 66.2 Å². The van der Waals surface area contributed by atoms with E-state index < -0.39 is 31.2 Å². The summed E-state index contributed by atoms with van der Waals surface area (Å²) in [4.78, 5) is 32.3. The van der Waals surface area contributed by atoms with Crippen LogP contribution in [0.5, 0.6) is 11.8 Å². The second kappa shape index (κ2) is 17.5. The van der Waals surface area contributed by atoms with Gasteiger partial charge in [-0.15, -0.1) is 5.54 Å². The van der Waals surface area contributed by atoms with E-state index in [-0.39, 0.29) is 54.7 Å². The molecule has 6 heterocycles. The highest BCUT2D eigenvalue weighted by molar-refractivity contribution is 6.90. The first-order chi connectivity index (χ1) is 29.9. The first-order valence-corrected chi connectivity index (χ1v) is 25.3. The summed E-state index contributed by atoms with van der Waals surface area (Å²) in [7, 11) is -0.572. The number of benzene rings is 2. The summed E-state index contributed by atoms with van der Waals surface area (Å²) in [6, 6.07) is 9.68. The molecular weight excluding hydrogens is 817 g/mol. The van der Waals surface area contributed by atoms with Crippen LogP contribution >= 0.6 is 0 Å². The van der Waals surface area contributed by atoms with Crippen LogP contribution in [0.2, 0.25) is 16.6 Å². The van der Waals surface area contributed by atoms with E-state index in [0.29, 0.717) is 64.8 Å². The van der Waals surface area contributed by atoms with E-state index in [1.54, 1.807) is 13.3 Å². The fourth-order valence-electron chi connectivity index (χ4n) is 11.8. The van der Waals surface area contributed by atoms with Crippen molar-refractivity contribution in [2.75, 3.05) is 33.6 Å². The van der Waals surface area contributed by atoms with Crippen molar-refractivity contribution in [3.05, 3.63) is 53.6 Å². The molecule has 63 heavy (non-hydrogen) atoms. The van der Waals surface area contributed by atoms with Crippen LogP contribution in [0.1, 0.15) is 124 Å². The standard InChI is InChI=1S/C50H65F2N5O5Si/c1-30(2)63(31(3)4,32(5)6)20-17-33-13-11-14-34-23-39(61-29-59-10)24-40(42(33)34)45-43(52)46-41(26-53-45)44(35-21-37-15-16-38(22-35)57(37)48(58)62-49(7,8)9)54-47(55-46)60-28-50-18-12-19-56(50)27-36(51)25-50/h11,13-14,23-24,26,30-32,35-38H,12,15-16,18-19,21-22,25,27-29H2,1-10H3/t35?,36-,37?,38?,50+/m1/s1. The van der Waals surface area contributed by atoms with Gasteiger partial charge in [0.2, 0.25) is 0 Å². The summed E-state index contributed by atoms with van der Waals surface area (Å²) >= 11 is 0. The summed E-state index contributed by atoms with van der Waals surface area (Å²) < 4.78 is 56.3. The highest BCUT2D eigenvalue weighted by Crippen LogP contribution is 2.47. The molecule has 8 rings (SSSR count). The second-order valence-corrected chi connectivity index (χ2v) is 26.0. The molecule has 2 aromatic carbocycles. The maximum atomic E-state index is 17.9. The number of fused-ring (bicyclic) bond motifs is 5. The zero-order chi connectivity index (χ0) is 45.0. The quantitative estimate of drug-likeness (QED) is 0.0828. The molecule has 2 bridgehead atoms. The first kappa shape index (κ1) is 45.2. The van der Waals surface area contributed by atoms with E-state index >= 15 is 4.39 Å². The molecule has 1 amide bonds. The minimum Gasteiger partial charge on any atom is -0.468 e. The number of amides is 1. The Kier molecular flexibility index (Phi) is 12.6. The lowest BCUT2D eigenvalue weighted by atomic mass is 9.86. The van der Waals surface area contributed by atoms with E-state index in [0.717, 1.165) is 48.6 Å². The summed E-state index contributed by atoms with van der Waals surface area (Å²) in [6.45, 7) is 20.8. The molecule has 10 nitrogen and oxygen atoms in total. The number of nitrogens with zero attached hydrogens (tertiary/aromatic N) is 5. The lowest BCUT2D eigenvalue weighted by Gasteiger charge is -2.39. The van der Waals surface area contributed by atoms with Gasteiger partial charge in [0.25, 0.3) is 0 Å². The molecule has 0 aliphatic carbocycles. The number of ether oxygens (including phenoxy) is 4. The second-order valence-electron chi connectivity index (χ2n) is 20.5. The van der Waals surface area contributed by atoms with Gasteiger partial charge in [0.05, 0.1) is 11.2 Å². The Labute approximate surface area is 372 Å². The van der Waals surface area contributed by atoms with Gasteiger partial charge in [-0.25, -0.2) is 13.6 Å². The number of pyridine rings is 1. The Morgan fingerprint density at radius 3 is 2.40 bits per heavy atom. The van der Waals surface area contributed by atoms with Crippen molar-refractivity contribution >= 4 is 35.8 Å². The molecule has 4 fully saturated rings. The molecule has 0 spiro atoms. The van der Waals surface area contributed by atoms with E-state index in [9.17, 15) is 9.18 Å². The smallest absolute Gasteiger partial charge is 0.410 e. The Hall–Kier alpha value is -4.38. The zero-order valence-electron chi connectivity index (χ0n) is 38.8. The van der Waals surface area contributed by atoms with Gasteiger partial charge in [-0.05, 0) is 106 Å². The molecule has 0 saturated carbocycles. The number of aromatic nitrogens is 3. The van der Waals surface area contributed by atoms with Crippen LogP contribution < -0.4 is 9.47 Å². The fraction of sp³-hybridized carbons (Fsp3) is 0.600. The average molecular weight is 882 g/mol. The molecule has 4 aliphatic rings. The van der Waals surface area contributed by atoms with Crippen LogP contribution in [0, 0.1) is 17.3 Å². The number of hydrogen-bond acceptors (Lipinski definition) is 9. The van der Waals surface area contributed by atoms with Crippen LogP contribution in [0.15, 0.2) is 36.5 Å². The number of carbonyl (C=O) groups is 1. The summed E-state index contributed by atoms with van der Waals surface area (Å²) in [6.07, 6.45) is 5.59. The molecule has 2 aromatic heterocycles. The molecule has 338 valence electrons. The number of piperidine rings is 1. The molecule has 0 N–H and O–H groups in total. The van der Waals surface area contributed by atoms with E-state index in [1.165, 1.54) is 0 Å². The Balaban J connectivity index is 1.27. The van der Waals surface area contributed by atoms with Crippen LogP contribution in [0.3, 0.4) is 0 Å². The minimum atomic E-state index is -2.13.